The van der Waals surface area contributed by atoms with E-state index in [1.807, 2.05) is 20.8 Å². The molecule has 196 valence electrons. The van der Waals surface area contributed by atoms with Crippen LogP contribution in [0.5, 0.6) is 11.5 Å². The molecule has 0 spiro atoms. The highest BCUT2D eigenvalue weighted by atomic mass is 35.5. The summed E-state index contributed by atoms with van der Waals surface area (Å²) in [5.74, 6) is -0.114. The molecule has 9 nitrogen and oxygen atoms in total. The van der Waals surface area contributed by atoms with E-state index in [4.69, 9.17) is 32.7 Å². The van der Waals surface area contributed by atoms with Gasteiger partial charge in [0.15, 0.2) is 11.5 Å². The van der Waals surface area contributed by atoms with Gasteiger partial charge < -0.3 is 19.7 Å². The van der Waals surface area contributed by atoms with E-state index in [9.17, 15) is 18.0 Å². The molecule has 1 heterocycles. The predicted octanol–water partition coefficient (Wildman–Crippen LogP) is 3.82. The maximum Gasteiger partial charge on any atom is 0.244 e. The number of sulfonamides is 1. The number of fused-ring (bicyclic) bond motifs is 1. The van der Waals surface area contributed by atoms with Crippen LogP contribution in [0.1, 0.15) is 33.3 Å². The molecule has 2 amide bonds. The molecule has 0 saturated carbocycles. The smallest absolute Gasteiger partial charge is 0.244 e. The number of nitrogens with zero attached hydrogens (tertiary/aromatic N) is 2. The fourth-order valence-electron chi connectivity index (χ4n) is 3.55. The molecule has 1 atom stereocenters. The molecule has 36 heavy (non-hydrogen) atoms. The molecule has 0 bridgehead atoms. The van der Waals surface area contributed by atoms with Crippen LogP contribution in [0.2, 0.25) is 10.0 Å². The Hall–Kier alpha value is -2.69. The molecule has 2 aromatic carbocycles. The zero-order chi connectivity index (χ0) is 26.8. The van der Waals surface area contributed by atoms with Gasteiger partial charge in [0.1, 0.15) is 12.6 Å². The molecule has 1 N–H and O–H groups in total. The van der Waals surface area contributed by atoms with Crippen molar-refractivity contribution < 1.29 is 27.5 Å². The van der Waals surface area contributed by atoms with E-state index >= 15 is 0 Å². The first-order chi connectivity index (χ1) is 16.7. The fourth-order valence-corrected chi connectivity index (χ4v) is 4.71. The second-order valence-electron chi connectivity index (χ2n) is 9.49. The molecule has 1 unspecified atom stereocenters. The summed E-state index contributed by atoms with van der Waals surface area (Å²) in [6, 6.07) is 8.57. The first-order valence-corrected chi connectivity index (χ1v) is 13.7. The highest BCUT2D eigenvalue weighted by Gasteiger charge is 2.32. The lowest BCUT2D eigenvalue weighted by atomic mass is 10.1. The zero-order valence-corrected chi connectivity index (χ0v) is 23.0. The third-order valence-electron chi connectivity index (χ3n) is 5.33. The molecule has 1 aliphatic heterocycles. The van der Waals surface area contributed by atoms with Crippen LogP contribution < -0.4 is 19.1 Å². The molecule has 0 aromatic heterocycles. The molecule has 3 rings (SSSR count). The van der Waals surface area contributed by atoms with Gasteiger partial charge in [-0.25, -0.2) is 8.42 Å². The maximum atomic E-state index is 13.6. The summed E-state index contributed by atoms with van der Waals surface area (Å²) in [4.78, 5) is 27.9. The Morgan fingerprint density at radius 3 is 2.33 bits per heavy atom. The standard InChI is InChI=1S/C24H29Cl2N3O6S/c1-15(23(31)27-24(2,3)4)28(12-16-6-8-18(25)19(26)10-16)22(30)13-29(36(5,32)33)17-7-9-20-21(11-17)35-14-34-20/h6-11,15H,12-14H2,1-5H3,(H,27,31). The van der Waals surface area contributed by atoms with Crippen LogP contribution in [0.25, 0.3) is 0 Å². The minimum absolute atomic E-state index is 0.00714. The van der Waals surface area contributed by atoms with Gasteiger partial charge in [-0.05, 0) is 57.5 Å². The normalized spacial score (nSPS) is 13.8. The lowest BCUT2D eigenvalue weighted by molar-refractivity contribution is -0.140. The van der Waals surface area contributed by atoms with Gasteiger partial charge in [0, 0.05) is 18.2 Å². The van der Waals surface area contributed by atoms with Crippen molar-refractivity contribution in [2.75, 3.05) is 23.9 Å². The molecule has 0 saturated heterocycles. The second-order valence-corrected chi connectivity index (χ2v) is 12.2. The summed E-state index contributed by atoms with van der Waals surface area (Å²) >= 11 is 12.2. The first-order valence-electron chi connectivity index (χ1n) is 11.1. The molecular weight excluding hydrogens is 529 g/mol. The van der Waals surface area contributed by atoms with Gasteiger partial charge in [-0.15, -0.1) is 0 Å². The van der Waals surface area contributed by atoms with Crippen LogP contribution in [0.4, 0.5) is 5.69 Å². The van der Waals surface area contributed by atoms with Crippen molar-refractivity contribution in [1.29, 1.82) is 0 Å². The van der Waals surface area contributed by atoms with Crippen LogP contribution in [0, 0.1) is 0 Å². The Balaban J connectivity index is 1.94. The lowest BCUT2D eigenvalue weighted by Gasteiger charge is -2.33. The monoisotopic (exact) mass is 557 g/mol. The SMILES string of the molecule is CC(C(=O)NC(C)(C)C)N(Cc1ccc(Cl)c(Cl)c1)C(=O)CN(c1ccc2c(c1)OCO2)S(C)(=O)=O. The number of hydrogen-bond acceptors (Lipinski definition) is 6. The fraction of sp³-hybridized carbons (Fsp3) is 0.417. The number of halogens is 2. The molecular formula is C24H29Cl2N3O6S. The van der Waals surface area contributed by atoms with Crippen LogP contribution in [0.3, 0.4) is 0 Å². The number of anilines is 1. The molecule has 0 aliphatic carbocycles. The number of amides is 2. The zero-order valence-electron chi connectivity index (χ0n) is 20.7. The Kier molecular flexibility index (Phi) is 8.32. The van der Waals surface area contributed by atoms with Crippen LogP contribution in [-0.2, 0) is 26.2 Å². The Morgan fingerprint density at radius 1 is 1.06 bits per heavy atom. The van der Waals surface area contributed by atoms with Gasteiger partial charge in [-0.2, -0.15) is 0 Å². The van der Waals surface area contributed by atoms with Crippen molar-refractivity contribution in [2.24, 2.45) is 0 Å². The van der Waals surface area contributed by atoms with E-state index in [2.05, 4.69) is 5.32 Å². The number of ether oxygens (including phenoxy) is 2. The predicted molar refractivity (Wildman–Crippen MR) is 139 cm³/mol. The highest BCUT2D eigenvalue weighted by molar-refractivity contribution is 7.92. The number of carbonyl (C=O) groups is 2. The van der Waals surface area contributed by atoms with E-state index < -0.39 is 34.1 Å². The topological polar surface area (TPSA) is 105 Å². The van der Waals surface area contributed by atoms with Crippen LogP contribution in [-0.4, -0.2) is 56.3 Å². The van der Waals surface area contributed by atoms with Gasteiger partial charge in [0.05, 0.1) is 22.0 Å². The van der Waals surface area contributed by atoms with Crippen molar-refractivity contribution >= 4 is 50.7 Å². The van der Waals surface area contributed by atoms with Crippen LogP contribution >= 0.6 is 23.2 Å². The summed E-state index contributed by atoms with van der Waals surface area (Å²) < 4.78 is 37.0. The Bertz CT molecular complexity index is 1260. The minimum Gasteiger partial charge on any atom is -0.454 e. The number of hydrogen-bond donors (Lipinski definition) is 1. The largest absolute Gasteiger partial charge is 0.454 e. The minimum atomic E-state index is -3.87. The average molecular weight is 558 g/mol. The molecule has 0 radical (unpaired) electrons. The first kappa shape index (κ1) is 27.9. The Labute approximate surface area is 221 Å². The number of benzene rings is 2. The van der Waals surface area contributed by atoms with Crippen LogP contribution in [0.15, 0.2) is 36.4 Å². The Morgan fingerprint density at radius 2 is 1.72 bits per heavy atom. The van der Waals surface area contributed by atoms with E-state index in [1.165, 1.54) is 17.0 Å². The second kappa shape index (κ2) is 10.7. The summed E-state index contributed by atoms with van der Waals surface area (Å²) in [7, 11) is -3.87. The van der Waals surface area contributed by atoms with Crippen molar-refractivity contribution in [3.63, 3.8) is 0 Å². The molecule has 12 heteroatoms. The third kappa shape index (κ3) is 6.96. The van der Waals surface area contributed by atoms with Crippen molar-refractivity contribution in [1.82, 2.24) is 10.2 Å². The average Bonchev–Trinajstić information content (AvgIpc) is 3.23. The lowest BCUT2D eigenvalue weighted by Crippen LogP contribution is -2.54. The van der Waals surface area contributed by atoms with E-state index in [0.29, 0.717) is 27.1 Å². The van der Waals surface area contributed by atoms with E-state index in [-0.39, 0.29) is 24.9 Å². The highest BCUT2D eigenvalue weighted by Crippen LogP contribution is 2.36. The van der Waals surface area contributed by atoms with Gasteiger partial charge in [0.25, 0.3) is 0 Å². The van der Waals surface area contributed by atoms with Gasteiger partial charge >= 0.3 is 0 Å². The van der Waals surface area contributed by atoms with Gasteiger partial charge in [0.2, 0.25) is 28.6 Å². The summed E-state index contributed by atoms with van der Waals surface area (Å²) in [6.45, 7) is 6.56. The molecule has 1 aliphatic rings. The summed E-state index contributed by atoms with van der Waals surface area (Å²) in [5, 5.41) is 3.51. The number of nitrogens with one attached hydrogen (secondary N) is 1. The number of carbonyl (C=O) groups excluding carboxylic acids is 2. The number of rotatable bonds is 8. The van der Waals surface area contributed by atoms with Crippen molar-refractivity contribution in [3.05, 3.63) is 52.0 Å². The van der Waals surface area contributed by atoms with Crippen molar-refractivity contribution in [3.8, 4) is 11.5 Å². The molecule has 2 aromatic rings. The maximum absolute atomic E-state index is 13.6. The quantitative estimate of drug-likeness (QED) is 0.528. The summed E-state index contributed by atoms with van der Waals surface area (Å²) in [5.41, 5.74) is 0.327. The third-order valence-corrected chi connectivity index (χ3v) is 7.21. The van der Waals surface area contributed by atoms with Gasteiger partial charge in [-0.1, -0.05) is 29.3 Å². The van der Waals surface area contributed by atoms with Crippen molar-refractivity contribution in [2.45, 2.75) is 45.8 Å². The van der Waals surface area contributed by atoms with E-state index in [0.717, 1.165) is 10.6 Å². The molecule has 0 fully saturated rings. The summed E-state index contributed by atoms with van der Waals surface area (Å²) in [6.07, 6.45) is 1.00. The van der Waals surface area contributed by atoms with Gasteiger partial charge in [-0.3, -0.25) is 13.9 Å². The van der Waals surface area contributed by atoms with E-state index in [1.54, 1.807) is 31.2 Å².